The number of nitrogen functional groups attached to an aromatic ring is 1. The van der Waals surface area contributed by atoms with Gasteiger partial charge in [-0.05, 0) is 6.42 Å². The van der Waals surface area contributed by atoms with Gasteiger partial charge < -0.3 is 15.0 Å². The Kier molecular flexibility index (Phi) is 1.54. The summed E-state index contributed by atoms with van der Waals surface area (Å²) < 4.78 is 7.20. The minimum absolute atomic E-state index is 0.400. The third kappa shape index (κ3) is 1.09. The number of rotatable bonds is 1. The Hall–Kier alpha value is -1.03. The normalized spacial score (nSPS) is 24.2. The van der Waals surface area contributed by atoms with Gasteiger partial charge in [0, 0.05) is 19.0 Å². The predicted molar refractivity (Wildman–Crippen MR) is 41.1 cm³/mol. The number of aromatic nitrogens is 2. The summed E-state index contributed by atoms with van der Waals surface area (Å²) in [7, 11) is 0. The van der Waals surface area contributed by atoms with E-state index in [0.29, 0.717) is 12.0 Å². The largest absolute Gasteiger partial charge is 0.379 e. The Labute approximate surface area is 65.0 Å². The lowest BCUT2D eigenvalue weighted by molar-refractivity contribution is 0.187. The SMILES string of the molecule is Nc1nccn1[C@@H]1CCOC1. The van der Waals surface area contributed by atoms with E-state index in [4.69, 9.17) is 10.5 Å². The monoisotopic (exact) mass is 153 g/mol. The van der Waals surface area contributed by atoms with E-state index in [2.05, 4.69) is 4.98 Å². The second-order valence-corrected chi connectivity index (χ2v) is 2.71. The molecule has 1 aliphatic rings. The highest BCUT2D eigenvalue weighted by Crippen LogP contribution is 2.20. The number of nitrogens with zero attached hydrogens (tertiary/aromatic N) is 2. The quantitative estimate of drug-likeness (QED) is 0.636. The summed E-state index contributed by atoms with van der Waals surface area (Å²) in [5, 5.41) is 0. The van der Waals surface area contributed by atoms with Crippen molar-refractivity contribution >= 4 is 5.95 Å². The first-order valence-electron chi connectivity index (χ1n) is 3.74. The summed E-state index contributed by atoms with van der Waals surface area (Å²) in [6.07, 6.45) is 4.66. The van der Waals surface area contributed by atoms with E-state index in [1.165, 1.54) is 0 Å². The van der Waals surface area contributed by atoms with Crippen molar-refractivity contribution in [2.75, 3.05) is 18.9 Å². The van der Waals surface area contributed by atoms with Gasteiger partial charge in [-0.2, -0.15) is 0 Å². The molecule has 0 saturated carbocycles. The summed E-state index contributed by atoms with van der Waals surface area (Å²) in [6, 6.07) is 0.400. The van der Waals surface area contributed by atoms with Crippen LogP contribution in [-0.4, -0.2) is 22.8 Å². The Balaban J connectivity index is 2.21. The van der Waals surface area contributed by atoms with E-state index in [-0.39, 0.29) is 0 Å². The van der Waals surface area contributed by atoms with Crippen molar-refractivity contribution in [1.29, 1.82) is 0 Å². The highest BCUT2D eigenvalue weighted by Gasteiger charge is 2.18. The van der Waals surface area contributed by atoms with E-state index in [1.807, 2.05) is 10.8 Å². The number of anilines is 1. The summed E-state index contributed by atoms with van der Waals surface area (Å²) >= 11 is 0. The number of hydrogen-bond acceptors (Lipinski definition) is 3. The molecule has 60 valence electrons. The fourth-order valence-corrected chi connectivity index (χ4v) is 1.37. The van der Waals surface area contributed by atoms with Gasteiger partial charge in [-0.3, -0.25) is 0 Å². The van der Waals surface area contributed by atoms with Crippen LogP contribution in [0.2, 0.25) is 0 Å². The summed E-state index contributed by atoms with van der Waals surface area (Å²) in [5.74, 6) is 0.584. The second-order valence-electron chi connectivity index (χ2n) is 2.71. The highest BCUT2D eigenvalue weighted by atomic mass is 16.5. The second kappa shape index (κ2) is 2.54. The first kappa shape index (κ1) is 6.67. The molecule has 1 aliphatic heterocycles. The molecular formula is C7H11N3O. The van der Waals surface area contributed by atoms with Gasteiger partial charge in [0.25, 0.3) is 0 Å². The molecule has 1 atom stereocenters. The van der Waals surface area contributed by atoms with Gasteiger partial charge in [-0.1, -0.05) is 0 Å². The van der Waals surface area contributed by atoms with Gasteiger partial charge in [0.1, 0.15) is 0 Å². The van der Waals surface area contributed by atoms with Gasteiger partial charge in [0.05, 0.1) is 12.6 Å². The van der Waals surface area contributed by atoms with Crippen molar-refractivity contribution in [3.05, 3.63) is 12.4 Å². The van der Waals surface area contributed by atoms with Crippen LogP contribution in [0, 0.1) is 0 Å². The molecule has 0 bridgehead atoms. The maximum atomic E-state index is 5.62. The smallest absolute Gasteiger partial charge is 0.200 e. The van der Waals surface area contributed by atoms with Crippen LogP contribution in [0.3, 0.4) is 0 Å². The van der Waals surface area contributed by atoms with Crippen LogP contribution in [0.25, 0.3) is 0 Å². The predicted octanol–water partition coefficient (Wildman–Crippen LogP) is 0.427. The molecule has 2 N–H and O–H groups in total. The Morgan fingerprint density at radius 2 is 2.64 bits per heavy atom. The zero-order chi connectivity index (χ0) is 7.68. The lowest BCUT2D eigenvalue weighted by Crippen LogP contribution is -2.10. The minimum Gasteiger partial charge on any atom is -0.379 e. The Morgan fingerprint density at radius 1 is 1.73 bits per heavy atom. The van der Waals surface area contributed by atoms with Crippen molar-refractivity contribution in [3.63, 3.8) is 0 Å². The molecule has 4 heteroatoms. The van der Waals surface area contributed by atoms with Crippen molar-refractivity contribution in [2.45, 2.75) is 12.5 Å². The fraction of sp³-hybridized carbons (Fsp3) is 0.571. The van der Waals surface area contributed by atoms with E-state index in [0.717, 1.165) is 19.6 Å². The number of ether oxygens (including phenoxy) is 1. The molecule has 0 radical (unpaired) electrons. The zero-order valence-corrected chi connectivity index (χ0v) is 6.23. The molecule has 2 heterocycles. The van der Waals surface area contributed by atoms with Crippen LogP contribution in [-0.2, 0) is 4.74 Å². The standard InChI is InChI=1S/C7H11N3O/c8-7-9-2-3-10(7)6-1-4-11-5-6/h2-3,6H,1,4-5H2,(H2,8,9)/t6-/m1/s1. The highest BCUT2D eigenvalue weighted by molar-refractivity contribution is 5.18. The molecule has 0 aliphatic carbocycles. The molecule has 1 saturated heterocycles. The first-order valence-corrected chi connectivity index (χ1v) is 3.74. The molecule has 0 spiro atoms. The topological polar surface area (TPSA) is 53.1 Å². The molecular weight excluding hydrogens is 142 g/mol. The molecule has 11 heavy (non-hydrogen) atoms. The third-order valence-electron chi connectivity index (χ3n) is 2.00. The average Bonchev–Trinajstić information content (AvgIpc) is 2.55. The zero-order valence-electron chi connectivity index (χ0n) is 6.23. The third-order valence-corrected chi connectivity index (χ3v) is 2.00. The molecule has 1 fully saturated rings. The fourth-order valence-electron chi connectivity index (χ4n) is 1.37. The molecule has 0 unspecified atom stereocenters. The Bertz CT molecular complexity index is 240. The lowest BCUT2D eigenvalue weighted by Gasteiger charge is -2.09. The van der Waals surface area contributed by atoms with E-state index in [1.54, 1.807) is 6.20 Å². The minimum atomic E-state index is 0.400. The Morgan fingerprint density at radius 3 is 3.18 bits per heavy atom. The van der Waals surface area contributed by atoms with Crippen LogP contribution in [0.4, 0.5) is 5.95 Å². The van der Waals surface area contributed by atoms with Crippen LogP contribution < -0.4 is 5.73 Å². The number of imidazole rings is 1. The summed E-state index contributed by atoms with van der Waals surface area (Å²) in [6.45, 7) is 1.60. The molecule has 0 amide bonds. The maximum Gasteiger partial charge on any atom is 0.200 e. The summed E-state index contributed by atoms with van der Waals surface area (Å²) in [5.41, 5.74) is 5.62. The first-order chi connectivity index (χ1) is 5.38. The molecule has 1 aromatic rings. The van der Waals surface area contributed by atoms with Crippen molar-refractivity contribution in [1.82, 2.24) is 9.55 Å². The van der Waals surface area contributed by atoms with Crippen molar-refractivity contribution < 1.29 is 4.74 Å². The van der Waals surface area contributed by atoms with Gasteiger partial charge >= 0.3 is 0 Å². The van der Waals surface area contributed by atoms with Crippen LogP contribution in [0.1, 0.15) is 12.5 Å². The number of nitrogens with two attached hydrogens (primary N) is 1. The average molecular weight is 153 g/mol. The van der Waals surface area contributed by atoms with Crippen LogP contribution in [0.5, 0.6) is 0 Å². The maximum absolute atomic E-state index is 5.62. The molecule has 4 nitrogen and oxygen atoms in total. The molecule has 0 aromatic carbocycles. The van der Waals surface area contributed by atoms with Gasteiger partial charge in [0.2, 0.25) is 0 Å². The summed E-state index contributed by atoms with van der Waals surface area (Å²) in [4.78, 5) is 3.95. The van der Waals surface area contributed by atoms with E-state index >= 15 is 0 Å². The van der Waals surface area contributed by atoms with Gasteiger partial charge in [0.15, 0.2) is 5.95 Å². The molecule has 2 rings (SSSR count). The van der Waals surface area contributed by atoms with E-state index in [9.17, 15) is 0 Å². The van der Waals surface area contributed by atoms with Crippen LogP contribution in [0.15, 0.2) is 12.4 Å². The number of hydrogen-bond donors (Lipinski definition) is 1. The van der Waals surface area contributed by atoms with Gasteiger partial charge in [-0.15, -0.1) is 0 Å². The lowest BCUT2D eigenvalue weighted by atomic mass is 10.2. The van der Waals surface area contributed by atoms with Crippen LogP contribution >= 0.6 is 0 Å². The van der Waals surface area contributed by atoms with Gasteiger partial charge in [-0.25, -0.2) is 4.98 Å². The van der Waals surface area contributed by atoms with Crippen molar-refractivity contribution in [2.24, 2.45) is 0 Å². The molecule has 1 aromatic heterocycles. The van der Waals surface area contributed by atoms with E-state index < -0.39 is 0 Å². The van der Waals surface area contributed by atoms with Crippen molar-refractivity contribution in [3.8, 4) is 0 Å².